The molecule has 0 aromatic heterocycles. The lowest BCUT2D eigenvalue weighted by molar-refractivity contribution is 0.626. The van der Waals surface area contributed by atoms with Gasteiger partial charge >= 0.3 is 0 Å². The summed E-state index contributed by atoms with van der Waals surface area (Å²) in [5, 5.41) is 0. The highest BCUT2D eigenvalue weighted by molar-refractivity contribution is 4.33. The topological polar surface area (TPSA) is 0 Å². The summed E-state index contributed by atoms with van der Waals surface area (Å²) < 4.78 is 0. The molecule has 23 heavy (non-hydrogen) atoms. The Morgan fingerprint density at radius 1 is 0.391 bits per heavy atom. The zero-order chi connectivity index (χ0) is 16.4. The zero-order valence-electron chi connectivity index (χ0n) is 16.4. The normalized spacial score (nSPS) is 7.83. The minimum absolute atomic E-state index is 0. The Bertz CT molecular complexity index is 87.4. The molecule has 0 rings (SSSR count). The monoisotopic (exact) mass is 338 g/mol. The van der Waals surface area contributed by atoms with Crippen LogP contribution in [-0.2, 0) is 0 Å². The molecule has 154 valence electrons. The van der Waals surface area contributed by atoms with Gasteiger partial charge in [-0.2, -0.15) is 0 Å². The molecule has 0 atom stereocenters. The van der Waals surface area contributed by atoms with Crippen molar-refractivity contribution < 1.29 is 0 Å². The van der Waals surface area contributed by atoms with Crippen LogP contribution in [0.4, 0.5) is 0 Å². The lowest BCUT2D eigenvalue weighted by atomic mass is 10.2. The van der Waals surface area contributed by atoms with Gasteiger partial charge in [0.05, 0.1) is 0 Å². The van der Waals surface area contributed by atoms with Crippen molar-refractivity contribution in [3.8, 4) is 0 Å². The fourth-order valence-electron chi connectivity index (χ4n) is 0. The molecular weight excluding hydrogens is 276 g/mol. The Hall–Kier alpha value is 0. The van der Waals surface area contributed by atoms with Crippen molar-refractivity contribution in [1.82, 2.24) is 0 Å². The summed E-state index contributed by atoms with van der Waals surface area (Å²) in [5.41, 5.74) is 0. The highest BCUT2D eigenvalue weighted by Crippen LogP contribution is 1.94. The maximum Gasteiger partial charge on any atom is -0.0474 e. The van der Waals surface area contributed by atoms with Crippen LogP contribution in [0.15, 0.2) is 0 Å². The van der Waals surface area contributed by atoms with E-state index in [0.717, 1.165) is 23.7 Å². The number of hydrogen-bond donors (Lipinski definition) is 0. The maximum atomic E-state index is 2.22. The predicted molar refractivity (Wildman–Crippen MR) is 123 cm³/mol. The molecule has 0 fully saturated rings. The average Bonchev–Trinajstić information content (AvgIpc) is 2.29. The summed E-state index contributed by atoms with van der Waals surface area (Å²) in [6.45, 7) is 26.4. The molecule has 0 amide bonds. The van der Waals surface area contributed by atoms with Gasteiger partial charge < -0.3 is 0 Å². The molecular formula is C23H62. The molecule has 0 radical (unpaired) electrons. The average molecular weight is 339 g/mol. The van der Waals surface area contributed by atoms with Gasteiger partial charge in [0.2, 0.25) is 0 Å². The largest absolute Gasteiger partial charge is 0.0776 e. The van der Waals surface area contributed by atoms with Crippen LogP contribution in [0.2, 0.25) is 0 Å². The van der Waals surface area contributed by atoms with Crippen LogP contribution >= 0.6 is 0 Å². The van der Waals surface area contributed by atoms with Gasteiger partial charge in [-0.15, -0.1) is 0 Å². The fourth-order valence-corrected chi connectivity index (χ4v) is 0. The molecule has 0 aromatic rings. The summed E-state index contributed by atoms with van der Waals surface area (Å²) in [4.78, 5) is 0. The van der Waals surface area contributed by atoms with E-state index in [0.29, 0.717) is 0 Å². The first-order valence-corrected chi connectivity index (χ1v) is 8.54. The van der Waals surface area contributed by atoms with E-state index in [-0.39, 0.29) is 29.7 Å². The smallest absolute Gasteiger partial charge is 0.0474 e. The molecule has 0 heteroatoms. The van der Waals surface area contributed by atoms with E-state index in [1.807, 2.05) is 0 Å². The van der Waals surface area contributed by atoms with E-state index in [4.69, 9.17) is 0 Å². The van der Waals surface area contributed by atoms with Crippen molar-refractivity contribution in [2.45, 2.75) is 132 Å². The van der Waals surface area contributed by atoms with E-state index < -0.39 is 0 Å². The van der Waals surface area contributed by atoms with E-state index in [2.05, 4.69) is 83.1 Å². The minimum atomic E-state index is 0. The van der Waals surface area contributed by atoms with Crippen LogP contribution in [0.3, 0.4) is 0 Å². The second kappa shape index (κ2) is 43.1. The minimum Gasteiger partial charge on any atom is -0.0776 e. The molecule has 0 unspecified atom stereocenters. The van der Waals surface area contributed by atoms with E-state index in [1.165, 1.54) is 19.3 Å². The third kappa shape index (κ3) is 244. The SMILES string of the molecule is C.C.C.C.CC(C)C.CCC(C)C.CCC(C)C.CCC(C)C. The van der Waals surface area contributed by atoms with Gasteiger partial charge in [0.25, 0.3) is 0 Å². The third-order valence-electron chi connectivity index (χ3n) is 2.45. The molecule has 0 spiro atoms. The summed E-state index contributed by atoms with van der Waals surface area (Å²) in [6, 6.07) is 0. The first kappa shape index (κ1) is 49.5. The summed E-state index contributed by atoms with van der Waals surface area (Å²) in [5.74, 6) is 3.49. The van der Waals surface area contributed by atoms with Gasteiger partial charge in [0.1, 0.15) is 0 Å². The van der Waals surface area contributed by atoms with Crippen molar-refractivity contribution >= 4 is 0 Å². The number of hydrogen-bond acceptors (Lipinski definition) is 0. The molecule has 0 aliphatic carbocycles. The van der Waals surface area contributed by atoms with Gasteiger partial charge in [-0.1, -0.05) is 132 Å². The fraction of sp³-hybridized carbons (Fsp3) is 1.00. The van der Waals surface area contributed by atoms with Crippen LogP contribution in [0, 0.1) is 23.7 Å². The molecule has 0 aliphatic heterocycles. The number of rotatable bonds is 3. The maximum absolute atomic E-state index is 2.22. The molecule has 0 heterocycles. The molecule has 0 aliphatic rings. The molecule has 0 aromatic carbocycles. The molecule has 0 saturated heterocycles. The Morgan fingerprint density at radius 2 is 0.435 bits per heavy atom. The highest BCUT2D eigenvalue weighted by Gasteiger charge is 1.80. The van der Waals surface area contributed by atoms with Crippen molar-refractivity contribution in [3.63, 3.8) is 0 Å². The molecule has 0 bridgehead atoms. The second-order valence-corrected chi connectivity index (χ2v) is 7.14. The highest BCUT2D eigenvalue weighted by atomic mass is 13.9. The van der Waals surface area contributed by atoms with Crippen molar-refractivity contribution in [1.29, 1.82) is 0 Å². The van der Waals surface area contributed by atoms with E-state index in [1.54, 1.807) is 0 Å². The molecule has 0 nitrogen and oxygen atoms in total. The Morgan fingerprint density at radius 3 is 0.435 bits per heavy atom. The summed E-state index contributed by atoms with van der Waals surface area (Å²) in [7, 11) is 0. The Labute approximate surface area is 156 Å². The van der Waals surface area contributed by atoms with E-state index in [9.17, 15) is 0 Å². The van der Waals surface area contributed by atoms with Gasteiger partial charge in [-0.3, -0.25) is 0 Å². The van der Waals surface area contributed by atoms with Crippen LogP contribution in [0.1, 0.15) is 132 Å². The van der Waals surface area contributed by atoms with E-state index >= 15 is 0 Å². The van der Waals surface area contributed by atoms with Crippen LogP contribution in [0.25, 0.3) is 0 Å². The molecule has 0 saturated carbocycles. The lowest BCUT2D eigenvalue weighted by Gasteiger charge is -1.90. The van der Waals surface area contributed by atoms with Crippen LogP contribution < -0.4 is 0 Å². The molecule has 0 N–H and O–H groups in total. The standard InChI is InChI=1S/3C5H12.C4H10.4CH4/c3*1-4-5(2)3;1-4(2)3;;;;/h3*5H,4H2,1-3H3;4H,1-3H3;4*1H4. The van der Waals surface area contributed by atoms with Crippen molar-refractivity contribution in [3.05, 3.63) is 0 Å². The first-order chi connectivity index (χ1) is 8.54. The van der Waals surface area contributed by atoms with Gasteiger partial charge in [0.15, 0.2) is 0 Å². The zero-order valence-corrected chi connectivity index (χ0v) is 16.4. The second-order valence-electron chi connectivity index (χ2n) is 7.14. The van der Waals surface area contributed by atoms with Crippen molar-refractivity contribution in [2.75, 3.05) is 0 Å². The first-order valence-electron chi connectivity index (χ1n) is 8.54. The Kier molecular flexibility index (Phi) is 92.8. The van der Waals surface area contributed by atoms with Gasteiger partial charge in [0, 0.05) is 0 Å². The van der Waals surface area contributed by atoms with Gasteiger partial charge in [-0.25, -0.2) is 0 Å². The van der Waals surface area contributed by atoms with Crippen LogP contribution in [0.5, 0.6) is 0 Å². The Balaban J connectivity index is -0.0000000206. The quantitative estimate of drug-likeness (QED) is 0.480. The summed E-state index contributed by atoms with van der Waals surface area (Å²) >= 11 is 0. The third-order valence-corrected chi connectivity index (χ3v) is 2.45. The lowest BCUT2D eigenvalue weighted by Crippen LogP contribution is -1.77. The van der Waals surface area contributed by atoms with Gasteiger partial charge in [-0.05, 0) is 23.7 Å². The summed E-state index contributed by atoms with van der Waals surface area (Å²) in [6.07, 6.45) is 3.92. The van der Waals surface area contributed by atoms with Crippen LogP contribution in [-0.4, -0.2) is 0 Å². The van der Waals surface area contributed by atoms with Crippen molar-refractivity contribution in [2.24, 2.45) is 23.7 Å². The predicted octanol–water partition coefficient (Wildman–Crippen LogP) is 10.4.